The number of hydrogen-bond acceptors (Lipinski definition) is 5. The molecule has 1 atom stereocenters. The van der Waals surface area contributed by atoms with Crippen LogP contribution in [0.15, 0.2) is 24.3 Å². The second-order valence-corrected chi connectivity index (χ2v) is 10.6. The SMILES string of the molecule is COC(=O)C(Cc1ccc(C)cc1)NC(=O)C1(CCCCS(C)(=O)=O)CCCC1. The highest BCUT2D eigenvalue weighted by Crippen LogP contribution is 2.42. The molecule has 1 aliphatic carbocycles. The Labute approximate surface area is 174 Å². The van der Waals surface area contributed by atoms with E-state index in [0.29, 0.717) is 25.7 Å². The van der Waals surface area contributed by atoms with Crippen molar-refractivity contribution in [3.05, 3.63) is 35.4 Å². The molecule has 162 valence electrons. The van der Waals surface area contributed by atoms with Gasteiger partial charge in [-0.05, 0) is 38.2 Å². The van der Waals surface area contributed by atoms with Gasteiger partial charge in [0.2, 0.25) is 5.91 Å². The maximum atomic E-state index is 13.2. The van der Waals surface area contributed by atoms with E-state index in [4.69, 9.17) is 4.74 Å². The van der Waals surface area contributed by atoms with Gasteiger partial charge in [0.05, 0.1) is 7.11 Å². The second-order valence-electron chi connectivity index (χ2n) is 8.31. The summed E-state index contributed by atoms with van der Waals surface area (Å²) in [6.07, 6.45) is 6.98. The van der Waals surface area contributed by atoms with Crippen molar-refractivity contribution >= 4 is 21.7 Å². The van der Waals surface area contributed by atoms with Crippen LogP contribution in [-0.4, -0.2) is 45.5 Å². The van der Waals surface area contributed by atoms with E-state index in [2.05, 4.69) is 5.32 Å². The fourth-order valence-electron chi connectivity index (χ4n) is 4.08. The van der Waals surface area contributed by atoms with Crippen LogP contribution in [-0.2, 0) is 30.6 Å². The third-order valence-electron chi connectivity index (χ3n) is 5.81. The molecular formula is C22H33NO5S. The van der Waals surface area contributed by atoms with Gasteiger partial charge in [-0.25, -0.2) is 13.2 Å². The predicted octanol–water partition coefficient (Wildman–Crippen LogP) is 2.97. The Kier molecular flexibility index (Phi) is 8.25. The zero-order chi connectivity index (χ0) is 21.5. The lowest BCUT2D eigenvalue weighted by molar-refractivity contribution is -0.146. The lowest BCUT2D eigenvalue weighted by Gasteiger charge is -2.30. The van der Waals surface area contributed by atoms with E-state index < -0.39 is 27.3 Å². The van der Waals surface area contributed by atoms with E-state index in [1.807, 2.05) is 31.2 Å². The third-order valence-corrected chi connectivity index (χ3v) is 6.84. The zero-order valence-corrected chi connectivity index (χ0v) is 18.5. The molecule has 0 aliphatic heterocycles. The van der Waals surface area contributed by atoms with Gasteiger partial charge in [-0.1, -0.05) is 49.1 Å². The number of aryl methyl sites for hydroxylation is 1. The van der Waals surface area contributed by atoms with Crippen molar-refractivity contribution in [1.29, 1.82) is 0 Å². The number of ether oxygens (including phenoxy) is 1. The van der Waals surface area contributed by atoms with Gasteiger partial charge in [0.1, 0.15) is 15.9 Å². The molecule has 6 nitrogen and oxygen atoms in total. The Bertz CT molecular complexity index is 795. The van der Waals surface area contributed by atoms with Crippen LogP contribution >= 0.6 is 0 Å². The van der Waals surface area contributed by atoms with Crippen LogP contribution < -0.4 is 5.32 Å². The topological polar surface area (TPSA) is 89.5 Å². The first-order valence-corrected chi connectivity index (χ1v) is 12.3. The minimum atomic E-state index is -2.99. The number of benzene rings is 1. The largest absolute Gasteiger partial charge is 0.467 e. The van der Waals surface area contributed by atoms with Gasteiger partial charge in [-0.2, -0.15) is 0 Å². The quantitative estimate of drug-likeness (QED) is 0.462. The van der Waals surface area contributed by atoms with Crippen LogP contribution in [0.2, 0.25) is 0 Å². The third kappa shape index (κ3) is 7.14. The molecular weight excluding hydrogens is 390 g/mol. The smallest absolute Gasteiger partial charge is 0.328 e. The number of esters is 1. The molecule has 1 aliphatic rings. The highest BCUT2D eigenvalue weighted by atomic mass is 32.2. The molecule has 7 heteroatoms. The number of sulfone groups is 1. The monoisotopic (exact) mass is 423 g/mol. The summed E-state index contributed by atoms with van der Waals surface area (Å²) in [6.45, 7) is 2.00. The molecule has 1 aromatic carbocycles. The summed E-state index contributed by atoms with van der Waals surface area (Å²) in [5, 5.41) is 2.94. The van der Waals surface area contributed by atoms with Crippen molar-refractivity contribution in [3.8, 4) is 0 Å². The Morgan fingerprint density at radius 3 is 2.31 bits per heavy atom. The Morgan fingerprint density at radius 1 is 1.14 bits per heavy atom. The Morgan fingerprint density at radius 2 is 1.76 bits per heavy atom. The number of amides is 1. The van der Waals surface area contributed by atoms with Crippen molar-refractivity contribution in [2.75, 3.05) is 19.1 Å². The number of hydrogen-bond donors (Lipinski definition) is 1. The molecule has 0 aromatic heterocycles. The van der Waals surface area contributed by atoms with Crippen LogP contribution in [0.4, 0.5) is 0 Å². The number of rotatable bonds is 10. The average Bonchev–Trinajstić information content (AvgIpc) is 3.15. The molecule has 29 heavy (non-hydrogen) atoms. The maximum absolute atomic E-state index is 13.2. The van der Waals surface area contributed by atoms with Crippen molar-refractivity contribution in [3.63, 3.8) is 0 Å². The van der Waals surface area contributed by atoms with Gasteiger partial charge >= 0.3 is 5.97 Å². The number of methoxy groups -OCH3 is 1. The summed E-state index contributed by atoms with van der Waals surface area (Å²) in [5.74, 6) is -0.427. The molecule has 1 amide bonds. The van der Waals surface area contributed by atoms with Crippen LogP contribution in [0.1, 0.15) is 56.1 Å². The number of nitrogens with one attached hydrogen (secondary N) is 1. The molecule has 1 N–H and O–H groups in total. The van der Waals surface area contributed by atoms with Crippen molar-refractivity contribution < 1.29 is 22.7 Å². The highest BCUT2D eigenvalue weighted by molar-refractivity contribution is 7.90. The molecule has 1 unspecified atom stereocenters. The van der Waals surface area contributed by atoms with E-state index in [1.165, 1.54) is 13.4 Å². The van der Waals surface area contributed by atoms with Crippen molar-refractivity contribution in [1.82, 2.24) is 5.32 Å². The van der Waals surface area contributed by atoms with Crippen molar-refractivity contribution in [2.45, 2.75) is 64.3 Å². The summed E-state index contributed by atoms with van der Waals surface area (Å²) >= 11 is 0. The lowest BCUT2D eigenvalue weighted by atomic mass is 9.80. The number of unbranched alkanes of at least 4 members (excludes halogenated alkanes) is 1. The standard InChI is InChI=1S/C22H33NO5S/c1-17-8-10-18(11-9-17)16-19(20(24)28-2)23-21(25)22(12-4-5-13-22)14-6-7-15-29(3,26)27/h8-11,19H,4-7,12-16H2,1-3H3,(H,23,25). The zero-order valence-electron chi connectivity index (χ0n) is 17.7. The molecule has 2 rings (SSSR count). The highest BCUT2D eigenvalue weighted by Gasteiger charge is 2.41. The van der Waals surface area contributed by atoms with E-state index >= 15 is 0 Å². The van der Waals surface area contributed by atoms with Gasteiger partial charge in [-0.3, -0.25) is 4.79 Å². The molecule has 0 spiro atoms. The van der Waals surface area contributed by atoms with E-state index in [9.17, 15) is 18.0 Å². The molecule has 0 saturated heterocycles. The Hall–Kier alpha value is -1.89. The normalized spacial score (nSPS) is 16.9. The Balaban J connectivity index is 2.05. The average molecular weight is 424 g/mol. The van der Waals surface area contributed by atoms with Gasteiger partial charge in [0.15, 0.2) is 0 Å². The lowest BCUT2D eigenvalue weighted by Crippen LogP contribution is -2.49. The molecule has 1 saturated carbocycles. The molecule has 0 heterocycles. The van der Waals surface area contributed by atoms with Gasteiger partial charge in [-0.15, -0.1) is 0 Å². The van der Waals surface area contributed by atoms with Crippen LogP contribution in [0, 0.1) is 12.3 Å². The summed E-state index contributed by atoms with van der Waals surface area (Å²) in [5.41, 5.74) is 1.57. The number of carbonyl (C=O) groups excluding carboxylic acids is 2. The second kappa shape index (κ2) is 10.2. The van der Waals surface area contributed by atoms with Gasteiger partial charge < -0.3 is 10.1 Å². The minimum absolute atomic E-state index is 0.114. The molecule has 1 fully saturated rings. The number of carbonyl (C=O) groups is 2. The van der Waals surface area contributed by atoms with Gasteiger partial charge in [0.25, 0.3) is 0 Å². The minimum Gasteiger partial charge on any atom is -0.467 e. The summed E-state index contributed by atoms with van der Waals surface area (Å²) in [4.78, 5) is 25.5. The van der Waals surface area contributed by atoms with E-state index in [0.717, 1.165) is 36.8 Å². The molecule has 0 bridgehead atoms. The molecule has 0 radical (unpaired) electrons. The fourth-order valence-corrected chi connectivity index (χ4v) is 4.81. The summed E-state index contributed by atoms with van der Waals surface area (Å²) < 4.78 is 27.6. The van der Waals surface area contributed by atoms with Crippen molar-refractivity contribution in [2.24, 2.45) is 5.41 Å². The van der Waals surface area contributed by atoms with E-state index in [1.54, 1.807) is 0 Å². The van der Waals surface area contributed by atoms with Crippen LogP contribution in [0.5, 0.6) is 0 Å². The fraction of sp³-hybridized carbons (Fsp3) is 0.636. The first kappa shape index (κ1) is 23.4. The predicted molar refractivity (Wildman–Crippen MR) is 113 cm³/mol. The van der Waals surface area contributed by atoms with E-state index in [-0.39, 0.29) is 11.7 Å². The first-order valence-electron chi connectivity index (χ1n) is 10.3. The molecule has 1 aromatic rings. The summed E-state index contributed by atoms with van der Waals surface area (Å²) in [6, 6.07) is 7.13. The van der Waals surface area contributed by atoms with Gasteiger partial charge in [0, 0.05) is 23.8 Å². The van der Waals surface area contributed by atoms with Crippen LogP contribution in [0.3, 0.4) is 0 Å². The first-order chi connectivity index (χ1) is 13.6. The van der Waals surface area contributed by atoms with Crippen LogP contribution in [0.25, 0.3) is 0 Å². The maximum Gasteiger partial charge on any atom is 0.328 e. The summed E-state index contributed by atoms with van der Waals surface area (Å²) in [7, 11) is -1.67.